The minimum absolute atomic E-state index is 0.0358. The van der Waals surface area contributed by atoms with E-state index in [2.05, 4.69) is 38.1 Å². The summed E-state index contributed by atoms with van der Waals surface area (Å²) < 4.78 is 0. The maximum absolute atomic E-state index is 11.7. The molecule has 3 rings (SSSR count). The minimum Gasteiger partial charge on any atom is -0.289 e. The predicted octanol–water partition coefficient (Wildman–Crippen LogP) is 5.91. The third-order valence-corrected chi connectivity index (χ3v) is 3.96. The molecule has 0 N–H and O–H groups in total. The third kappa shape index (κ3) is 4.65. The molecule has 24 heavy (non-hydrogen) atoms. The van der Waals surface area contributed by atoms with Gasteiger partial charge in [0, 0.05) is 16.7 Å². The number of fused-ring (bicyclic) bond motifs is 1. The maximum atomic E-state index is 11.7. The fourth-order valence-electron chi connectivity index (χ4n) is 2.11. The first-order valence-electron chi connectivity index (χ1n) is 8.00. The molecule has 0 spiro atoms. The Morgan fingerprint density at radius 2 is 1.04 bits per heavy atom. The van der Waals surface area contributed by atoms with Crippen molar-refractivity contribution in [2.45, 2.75) is 34.6 Å². The summed E-state index contributed by atoms with van der Waals surface area (Å²) in [5.74, 6) is -0.426. The lowest BCUT2D eigenvalue weighted by Gasteiger charge is -2.14. The van der Waals surface area contributed by atoms with Crippen LogP contribution in [0.5, 0.6) is 0 Å². The molecule has 0 heterocycles. The zero-order valence-electron chi connectivity index (χ0n) is 14.8. The Labute approximate surface area is 149 Å². The molecule has 1 aliphatic carbocycles. The van der Waals surface area contributed by atoms with Crippen molar-refractivity contribution in [3.63, 3.8) is 0 Å². The Bertz CT molecular complexity index is 692. The van der Waals surface area contributed by atoms with Crippen LogP contribution in [0.2, 0.25) is 0 Å². The Balaban J connectivity index is 0.000000245. The number of benzene rings is 2. The number of halogens is 1. The van der Waals surface area contributed by atoms with E-state index in [1.165, 1.54) is 11.1 Å². The highest BCUT2D eigenvalue weighted by Gasteiger charge is 2.28. The van der Waals surface area contributed by atoms with Crippen molar-refractivity contribution in [3.8, 4) is 0 Å². The first-order valence-corrected chi connectivity index (χ1v) is 8.37. The van der Waals surface area contributed by atoms with Crippen LogP contribution in [-0.4, -0.2) is 11.6 Å². The van der Waals surface area contributed by atoms with Gasteiger partial charge in [0.15, 0.2) is 5.78 Å². The number of hydrogen-bond acceptors (Lipinski definition) is 2. The SMILES string of the molecule is CC.CC1=C(Cl)C(=O)c2ccccc2C1=O.Cc1ccc(C)cc1. The van der Waals surface area contributed by atoms with Crippen LogP contribution in [0.25, 0.3) is 0 Å². The molecule has 1 aliphatic rings. The van der Waals surface area contributed by atoms with E-state index in [1.807, 2.05) is 13.8 Å². The van der Waals surface area contributed by atoms with E-state index in [9.17, 15) is 9.59 Å². The molecule has 2 aromatic carbocycles. The van der Waals surface area contributed by atoms with Crippen LogP contribution in [0.1, 0.15) is 52.6 Å². The van der Waals surface area contributed by atoms with Gasteiger partial charge in [-0.3, -0.25) is 9.59 Å². The Kier molecular flexibility index (Phi) is 7.60. The predicted molar refractivity (Wildman–Crippen MR) is 101 cm³/mol. The summed E-state index contributed by atoms with van der Waals surface area (Å²) in [7, 11) is 0. The number of aryl methyl sites for hydroxylation is 2. The van der Waals surface area contributed by atoms with Crippen LogP contribution in [0.15, 0.2) is 59.1 Å². The quantitative estimate of drug-likeness (QED) is 0.596. The molecular weight excluding hydrogens is 320 g/mol. The summed E-state index contributed by atoms with van der Waals surface area (Å²) in [4.78, 5) is 23.3. The Morgan fingerprint density at radius 3 is 1.46 bits per heavy atom. The molecule has 0 radical (unpaired) electrons. The van der Waals surface area contributed by atoms with Gasteiger partial charge in [0.1, 0.15) is 0 Å². The number of ketones is 2. The zero-order valence-corrected chi connectivity index (χ0v) is 15.6. The molecule has 0 aliphatic heterocycles. The van der Waals surface area contributed by atoms with Crippen molar-refractivity contribution >= 4 is 23.2 Å². The lowest BCUT2D eigenvalue weighted by molar-refractivity contribution is 0.0981. The average Bonchev–Trinajstić information content (AvgIpc) is 2.63. The number of Topliss-reactive ketones (excluding diaryl/α,β-unsaturated/α-hetero) is 2. The molecule has 0 aromatic heterocycles. The van der Waals surface area contributed by atoms with Crippen LogP contribution in [0.4, 0.5) is 0 Å². The summed E-state index contributed by atoms with van der Waals surface area (Å²) in [6.45, 7) is 9.76. The molecule has 2 aromatic rings. The van der Waals surface area contributed by atoms with Gasteiger partial charge in [0.05, 0.1) is 5.03 Å². The van der Waals surface area contributed by atoms with Gasteiger partial charge in [0.25, 0.3) is 0 Å². The van der Waals surface area contributed by atoms with E-state index in [4.69, 9.17) is 11.6 Å². The van der Waals surface area contributed by atoms with Crippen LogP contribution in [0.3, 0.4) is 0 Å². The second-order valence-electron chi connectivity index (χ2n) is 5.30. The molecule has 0 unspecified atom stereocenters. The van der Waals surface area contributed by atoms with E-state index in [1.54, 1.807) is 31.2 Å². The van der Waals surface area contributed by atoms with Crippen LogP contribution in [0, 0.1) is 13.8 Å². The molecule has 0 bridgehead atoms. The Morgan fingerprint density at radius 1 is 0.667 bits per heavy atom. The van der Waals surface area contributed by atoms with Crippen molar-refractivity contribution in [1.29, 1.82) is 0 Å². The van der Waals surface area contributed by atoms with Gasteiger partial charge in [0.2, 0.25) is 5.78 Å². The van der Waals surface area contributed by atoms with Gasteiger partial charge < -0.3 is 0 Å². The molecule has 0 fully saturated rings. The summed E-state index contributed by atoms with van der Waals surface area (Å²) in [6, 6.07) is 15.2. The maximum Gasteiger partial charge on any atom is 0.205 e. The van der Waals surface area contributed by atoms with Gasteiger partial charge in [-0.15, -0.1) is 0 Å². The molecule has 0 saturated heterocycles. The lowest BCUT2D eigenvalue weighted by Crippen LogP contribution is -2.18. The van der Waals surface area contributed by atoms with E-state index >= 15 is 0 Å². The normalized spacial score (nSPS) is 12.6. The first-order chi connectivity index (χ1) is 11.4. The van der Waals surface area contributed by atoms with E-state index in [0.717, 1.165) is 0 Å². The first kappa shape index (κ1) is 19.9. The zero-order chi connectivity index (χ0) is 18.3. The monoisotopic (exact) mass is 342 g/mol. The molecule has 0 saturated carbocycles. The van der Waals surface area contributed by atoms with Crippen molar-refractivity contribution < 1.29 is 9.59 Å². The van der Waals surface area contributed by atoms with Crippen molar-refractivity contribution in [2.75, 3.05) is 0 Å². The molecule has 0 amide bonds. The van der Waals surface area contributed by atoms with Gasteiger partial charge in [-0.2, -0.15) is 0 Å². The van der Waals surface area contributed by atoms with Gasteiger partial charge in [-0.05, 0) is 20.8 Å². The number of hydrogen-bond donors (Lipinski definition) is 0. The topological polar surface area (TPSA) is 34.1 Å². The van der Waals surface area contributed by atoms with Crippen molar-refractivity contribution in [2.24, 2.45) is 0 Å². The smallest absolute Gasteiger partial charge is 0.205 e. The molecular formula is C21H23ClO2. The van der Waals surface area contributed by atoms with Crippen molar-refractivity contribution in [1.82, 2.24) is 0 Å². The highest BCUT2D eigenvalue weighted by atomic mass is 35.5. The highest BCUT2D eigenvalue weighted by Crippen LogP contribution is 2.27. The van der Waals surface area contributed by atoms with Gasteiger partial charge in [-0.1, -0.05) is 85.1 Å². The number of allylic oxidation sites excluding steroid dienone is 2. The Hall–Kier alpha value is -2.19. The second-order valence-corrected chi connectivity index (χ2v) is 5.68. The van der Waals surface area contributed by atoms with E-state index < -0.39 is 0 Å². The fourth-order valence-corrected chi connectivity index (χ4v) is 2.29. The summed E-state index contributed by atoms with van der Waals surface area (Å²) in [5.41, 5.74) is 3.83. The van der Waals surface area contributed by atoms with Gasteiger partial charge in [-0.25, -0.2) is 0 Å². The molecule has 2 nitrogen and oxygen atoms in total. The van der Waals surface area contributed by atoms with Crippen molar-refractivity contribution in [3.05, 3.63) is 81.4 Å². The molecule has 3 heteroatoms. The highest BCUT2D eigenvalue weighted by molar-refractivity contribution is 6.49. The summed E-state index contributed by atoms with van der Waals surface area (Å²) >= 11 is 5.75. The third-order valence-electron chi connectivity index (χ3n) is 3.50. The standard InChI is InChI=1S/C11H7ClO2.C8H10.C2H6/c1-6-9(12)11(14)8-5-3-2-4-7(8)10(6)13;1-7-3-5-8(2)6-4-7;1-2/h2-5H,1H3;3-6H,1-2H3;1-2H3. The van der Waals surface area contributed by atoms with Crippen LogP contribution in [-0.2, 0) is 0 Å². The summed E-state index contributed by atoms with van der Waals surface area (Å²) in [5, 5.41) is 0.0358. The molecule has 126 valence electrons. The average molecular weight is 343 g/mol. The summed E-state index contributed by atoms with van der Waals surface area (Å²) in [6.07, 6.45) is 0. The number of carbonyl (C=O) groups is 2. The van der Waals surface area contributed by atoms with Gasteiger partial charge >= 0.3 is 0 Å². The number of carbonyl (C=O) groups excluding carboxylic acids is 2. The van der Waals surface area contributed by atoms with Crippen LogP contribution < -0.4 is 0 Å². The fraction of sp³-hybridized carbons (Fsp3) is 0.238. The minimum atomic E-state index is -0.264. The number of rotatable bonds is 0. The van der Waals surface area contributed by atoms with E-state index in [-0.39, 0.29) is 16.6 Å². The molecule has 0 atom stereocenters. The van der Waals surface area contributed by atoms with E-state index in [0.29, 0.717) is 16.7 Å². The largest absolute Gasteiger partial charge is 0.289 e. The second kappa shape index (κ2) is 9.19. The lowest BCUT2D eigenvalue weighted by atomic mass is 9.90. The van der Waals surface area contributed by atoms with Crippen LogP contribution >= 0.6 is 11.6 Å².